The van der Waals surface area contributed by atoms with Crippen molar-refractivity contribution in [3.8, 4) is 5.75 Å². The molecule has 1 aromatic carbocycles. The number of nitrogens with one attached hydrogen (secondary N) is 1. The topological polar surface area (TPSA) is 24.5 Å². The lowest BCUT2D eigenvalue weighted by Gasteiger charge is -2.29. The first kappa shape index (κ1) is 13.4. The van der Waals surface area contributed by atoms with Crippen molar-refractivity contribution in [1.82, 2.24) is 10.2 Å². The molecule has 3 heteroatoms. The first-order valence-corrected chi connectivity index (χ1v) is 6.84. The van der Waals surface area contributed by atoms with Crippen molar-refractivity contribution in [3.05, 3.63) is 29.8 Å². The number of nitrogens with zero attached hydrogens (tertiary/aromatic N) is 1. The predicted octanol–water partition coefficient (Wildman–Crippen LogP) is 1.78. The summed E-state index contributed by atoms with van der Waals surface area (Å²) in [4.78, 5) is 2.56. The molecule has 0 amide bonds. The molecule has 0 bridgehead atoms. The van der Waals surface area contributed by atoms with Gasteiger partial charge < -0.3 is 15.0 Å². The smallest absolute Gasteiger partial charge is 0.119 e. The third-order valence-corrected chi connectivity index (χ3v) is 3.50. The van der Waals surface area contributed by atoms with Crippen LogP contribution in [-0.2, 0) is 6.42 Å². The van der Waals surface area contributed by atoms with Crippen molar-refractivity contribution in [2.75, 3.05) is 39.8 Å². The Bertz CT molecular complexity index is 361. The highest BCUT2D eigenvalue weighted by atomic mass is 16.5. The van der Waals surface area contributed by atoms with Gasteiger partial charge in [-0.1, -0.05) is 19.1 Å². The average molecular weight is 248 g/mol. The summed E-state index contributed by atoms with van der Waals surface area (Å²) >= 11 is 0. The molecular formula is C15H24N2O. The minimum Gasteiger partial charge on any atom is -0.497 e. The third kappa shape index (κ3) is 4.00. The highest BCUT2D eigenvalue weighted by molar-refractivity contribution is 5.28. The van der Waals surface area contributed by atoms with Gasteiger partial charge in [-0.2, -0.15) is 0 Å². The van der Waals surface area contributed by atoms with Gasteiger partial charge in [0.05, 0.1) is 7.11 Å². The van der Waals surface area contributed by atoms with E-state index >= 15 is 0 Å². The Labute approximate surface area is 110 Å². The van der Waals surface area contributed by atoms with Crippen LogP contribution in [0.5, 0.6) is 5.75 Å². The molecule has 1 unspecified atom stereocenters. The van der Waals surface area contributed by atoms with E-state index in [4.69, 9.17) is 4.74 Å². The van der Waals surface area contributed by atoms with Gasteiger partial charge in [0.2, 0.25) is 0 Å². The van der Waals surface area contributed by atoms with E-state index in [9.17, 15) is 0 Å². The van der Waals surface area contributed by atoms with Crippen LogP contribution in [0.4, 0.5) is 0 Å². The van der Waals surface area contributed by atoms with Crippen LogP contribution in [0.3, 0.4) is 0 Å². The summed E-state index contributed by atoms with van der Waals surface area (Å²) in [6.07, 6.45) is 1.13. The van der Waals surface area contributed by atoms with Crippen molar-refractivity contribution in [1.29, 1.82) is 0 Å². The van der Waals surface area contributed by atoms with Crippen LogP contribution in [0.2, 0.25) is 0 Å². The second-order valence-corrected chi connectivity index (χ2v) is 5.21. The van der Waals surface area contributed by atoms with Gasteiger partial charge in [-0.05, 0) is 30.0 Å². The molecule has 1 atom stereocenters. The van der Waals surface area contributed by atoms with Crippen molar-refractivity contribution in [2.45, 2.75) is 13.3 Å². The van der Waals surface area contributed by atoms with Crippen LogP contribution < -0.4 is 10.1 Å². The van der Waals surface area contributed by atoms with Crippen LogP contribution in [0, 0.1) is 5.92 Å². The minimum absolute atomic E-state index is 0.690. The summed E-state index contributed by atoms with van der Waals surface area (Å²) in [6.45, 7) is 8.16. The third-order valence-electron chi connectivity index (χ3n) is 3.50. The lowest BCUT2D eigenvalue weighted by molar-refractivity contribution is 0.211. The van der Waals surface area contributed by atoms with Gasteiger partial charge in [0.15, 0.2) is 0 Å². The normalized spacial score (nSPS) is 18.6. The molecule has 2 rings (SSSR count). The zero-order chi connectivity index (χ0) is 12.8. The Morgan fingerprint density at radius 3 is 2.83 bits per heavy atom. The largest absolute Gasteiger partial charge is 0.497 e. The molecule has 1 aliphatic rings. The quantitative estimate of drug-likeness (QED) is 0.859. The molecule has 0 saturated carbocycles. The van der Waals surface area contributed by atoms with Crippen LogP contribution in [0.25, 0.3) is 0 Å². The van der Waals surface area contributed by atoms with Crippen LogP contribution >= 0.6 is 0 Å². The summed E-state index contributed by atoms with van der Waals surface area (Å²) < 4.78 is 5.27. The molecular weight excluding hydrogens is 224 g/mol. The first-order chi connectivity index (χ1) is 8.78. The van der Waals surface area contributed by atoms with Gasteiger partial charge in [0, 0.05) is 32.7 Å². The maximum Gasteiger partial charge on any atom is 0.119 e. The Hall–Kier alpha value is -1.06. The maximum absolute atomic E-state index is 5.27. The van der Waals surface area contributed by atoms with E-state index in [0.29, 0.717) is 5.92 Å². The Morgan fingerprint density at radius 2 is 2.11 bits per heavy atom. The first-order valence-electron chi connectivity index (χ1n) is 6.84. The molecule has 0 aliphatic carbocycles. The Morgan fingerprint density at radius 1 is 1.33 bits per heavy atom. The minimum atomic E-state index is 0.690. The molecule has 1 N–H and O–H groups in total. The summed E-state index contributed by atoms with van der Waals surface area (Å²) in [7, 11) is 1.73. The van der Waals surface area contributed by atoms with Gasteiger partial charge >= 0.3 is 0 Å². The van der Waals surface area contributed by atoms with Gasteiger partial charge in [0.25, 0.3) is 0 Å². The highest BCUT2D eigenvalue weighted by Gasteiger charge is 2.13. The number of benzene rings is 1. The van der Waals surface area contributed by atoms with Crippen molar-refractivity contribution in [2.24, 2.45) is 5.92 Å². The average Bonchev–Trinajstić information content (AvgIpc) is 2.40. The van der Waals surface area contributed by atoms with E-state index in [2.05, 4.69) is 35.3 Å². The molecule has 0 spiro atoms. The molecule has 1 saturated heterocycles. The molecule has 100 valence electrons. The number of hydrogen-bond acceptors (Lipinski definition) is 3. The van der Waals surface area contributed by atoms with E-state index in [-0.39, 0.29) is 0 Å². The molecule has 3 nitrogen and oxygen atoms in total. The number of methoxy groups -OCH3 is 1. The summed E-state index contributed by atoms with van der Waals surface area (Å²) in [6, 6.07) is 8.42. The fourth-order valence-electron chi connectivity index (χ4n) is 2.60. The van der Waals surface area contributed by atoms with E-state index < -0.39 is 0 Å². The lowest BCUT2D eigenvalue weighted by Crippen LogP contribution is -2.45. The van der Waals surface area contributed by atoms with Crippen molar-refractivity contribution < 1.29 is 4.74 Å². The monoisotopic (exact) mass is 248 g/mol. The van der Waals surface area contributed by atoms with Gasteiger partial charge in [-0.3, -0.25) is 0 Å². The second kappa shape index (κ2) is 6.76. The maximum atomic E-state index is 5.27. The van der Waals surface area contributed by atoms with Crippen LogP contribution in [-0.4, -0.2) is 44.7 Å². The fourth-order valence-corrected chi connectivity index (χ4v) is 2.60. The second-order valence-electron chi connectivity index (χ2n) is 5.21. The Kier molecular flexibility index (Phi) is 5.02. The lowest BCUT2D eigenvalue weighted by atomic mass is 10.00. The number of ether oxygens (including phenoxy) is 1. The molecule has 1 aromatic rings. The molecule has 0 radical (unpaired) electrons. The van der Waals surface area contributed by atoms with E-state index in [1.165, 1.54) is 25.2 Å². The van der Waals surface area contributed by atoms with Crippen molar-refractivity contribution >= 4 is 0 Å². The van der Waals surface area contributed by atoms with E-state index in [1.54, 1.807) is 7.11 Å². The van der Waals surface area contributed by atoms with Crippen LogP contribution in [0.15, 0.2) is 24.3 Å². The molecule has 18 heavy (non-hydrogen) atoms. The number of piperazine rings is 1. The van der Waals surface area contributed by atoms with Crippen LogP contribution in [0.1, 0.15) is 12.5 Å². The summed E-state index contributed by atoms with van der Waals surface area (Å²) in [5, 5.41) is 3.39. The fraction of sp³-hybridized carbons (Fsp3) is 0.600. The highest BCUT2D eigenvalue weighted by Crippen LogP contribution is 2.16. The zero-order valence-electron chi connectivity index (χ0n) is 11.5. The molecule has 1 heterocycles. The summed E-state index contributed by atoms with van der Waals surface area (Å²) in [5.41, 5.74) is 1.37. The van der Waals surface area contributed by atoms with E-state index in [0.717, 1.165) is 25.3 Å². The molecule has 1 aliphatic heterocycles. The number of rotatable bonds is 5. The van der Waals surface area contributed by atoms with Gasteiger partial charge in [-0.15, -0.1) is 0 Å². The van der Waals surface area contributed by atoms with Crippen molar-refractivity contribution in [3.63, 3.8) is 0 Å². The Balaban J connectivity index is 1.83. The van der Waals surface area contributed by atoms with E-state index in [1.807, 2.05) is 6.07 Å². The molecule has 1 fully saturated rings. The standard InChI is InChI=1S/C15H24N2O/c1-13(12-17-8-6-16-7-9-17)10-14-4-3-5-15(11-14)18-2/h3-5,11,13,16H,6-10,12H2,1-2H3. The number of hydrogen-bond donors (Lipinski definition) is 1. The summed E-state index contributed by atoms with van der Waals surface area (Å²) in [5.74, 6) is 1.65. The molecule has 0 aromatic heterocycles. The SMILES string of the molecule is COc1cccc(CC(C)CN2CCNCC2)c1. The van der Waals surface area contributed by atoms with Gasteiger partial charge in [-0.25, -0.2) is 0 Å². The zero-order valence-corrected chi connectivity index (χ0v) is 11.5. The van der Waals surface area contributed by atoms with Gasteiger partial charge in [0.1, 0.15) is 5.75 Å². The predicted molar refractivity (Wildman–Crippen MR) is 75.2 cm³/mol.